The molecule has 8 atom stereocenters. The van der Waals surface area contributed by atoms with Crippen LogP contribution in [0.25, 0.3) is 0 Å². The molecule has 0 aliphatic carbocycles. The maximum Gasteiger partial charge on any atom is 0.109 e. The number of rotatable bonds is 5. The quantitative estimate of drug-likeness (QED) is 0.413. The molecule has 3 rings (SSSR count). The van der Waals surface area contributed by atoms with Crippen molar-refractivity contribution < 1.29 is 25.2 Å². The van der Waals surface area contributed by atoms with Crippen molar-refractivity contribution in [2.24, 2.45) is 11.8 Å². The van der Waals surface area contributed by atoms with Gasteiger partial charge in [0.1, 0.15) is 6.10 Å². The van der Waals surface area contributed by atoms with E-state index in [0.29, 0.717) is 24.0 Å². The standard InChI is InChI=1S/C16H25NO.C6H13NO4/c1-4-15-12(2)13(3)16(10-17-15)18-11-14-8-6-5-7-9-14;8-2-3-5(10)6(11)4(9)1-7-3/h5-9,12-13,15-17H,4,10-11H2,1-3H3;3-11H,1-2H2/t12-,13-,15+,16-;3-,4+,5-,6-/m01/s1. The van der Waals surface area contributed by atoms with Gasteiger partial charge in [-0.05, 0) is 23.8 Å². The maximum atomic E-state index is 9.18. The van der Waals surface area contributed by atoms with E-state index in [2.05, 4.69) is 55.7 Å². The van der Waals surface area contributed by atoms with Gasteiger partial charge in [-0.15, -0.1) is 0 Å². The Morgan fingerprint density at radius 3 is 2.21 bits per heavy atom. The number of β-amino-alcohol motifs (C(OH)–C–C–N with tert-alkyl or cyclic N) is 1. The molecule has 0 aromatic heterocycles. The van der Waals surface area contributed by atoms with E-state index in [1.165, 1.54) is 12.0 Å². The van der Waals surface area contributed by atoms with Crippen LogP contribution in [0.3, 0.4) is 0 Å². The Morgan fingerprint density at radius 2 is 1.59 bits per heavy atom. The fourth-order valence-electron chi connectivity index (χ4n) is 4.00. The lowest BCUT2D eigenvalue weighted by atomic mass is 9.80. The van der Waals surface area contributed by atoms with E-state index in [1.807, 2.05) is 6.07 Å². The fraction of sp³-hybridized carbons (Fsp3) is 0.727. The zero-order chi connectivity index (χ0) is 21.4. The smallest absolute Gasteiger partial charge is 0.109 e. The second-order valence-corrected chi connectivity index (χ2v) is 8.22. The molecule has 2 aliphatic rings. The molecule has 0 amide bonds. The average Bonchev–Trinajstić information content (AvgIpc) is 2.74. The highest BCUT2D eigenvalue weighted by Gasteiger charge is 2.35. The molecule has 1 aromatic rings. The van der Waals surface area contributed by atoms with Gasteiger partial charge in [0.2, 0.25) is 0 Å². The van der Waals surface area contributed by atoms with Crippen LogP contribution in [0.1, 0.15) is 32.8 Å². The molecule has 0 radical (unpaired) electrons. The summed E-state index contributed by atoms with van der Waals surface area (Å²) in [4.78, 5) is 0. The van der Waals surface area contributed by atoms with Crippen molar-refractivity contribution in [2.45, 2.75) is 70.3 Å². The second kappa shape index (κ2) is 12.0. The Morgan fingerprint density at radius 1 is 0.931 bits per heavy atom. The molecule has 7 heteroatoms. The van der Waals surface area contributed by atoms with Crippen molar-refractivity contribution in [3.8, 4) is 0 Å². The van der Waals surface area contributed by atoms with Gasteiger partial charge in [0.15, 0.2) is 0 Å². The highest BCUT2D eigenvalue weighted by atomic mass is 16.5. The fourth-order valence-corrected chi connectivity index (χ4v) is 4.00. The average molecular weight is 411 g/mol. The van der Waals surface area contributed by atoms with Crippen LogP contribution < -0.4 is 10.6 Å². The van der Waals surface area contributed by atoms with Crippen molar-refractivity contribution in [1.82, 2.24) is 10.6 Å². The van der Waals surface area contributed by atoms with Gasteiger partial charge in [-0.2, -0.15) is 0 Å². The molecular weight excluding hydrogens is 372 g/mol. The first-order chi connectivity index (χ1) is 13.9. The second-order valence-electron chi connectivity index (χ2n) is 8.22. The molecular formula is C22H38N2O5. The van der Waals surface area contributed by atoms with Crippen LogP contribution in [0.5, 0.6) is 0 Å². The Hall–Kier alpha value is -1.06. The number of ether oxygens (including phenoxy) is 1. The monoisotopic (exact) mass is 410 g/mol. The van der Waals surface area contributed by atoms with Gasteiger partial charge in [-0.3, -0.25) is 0 Å². The Balaban J connectivity index is 0.000000234. The lowest BCUT2D eigenvalue weighted by Crippen LogP contribution is -2.60. The molecule has 0 spiro atoms. The maximum absolute atomic E-state index is 9.18. The number of aliphatic hydroxyl groups is 4. The molecule has 2 heterocycles. The minimum atomic E-state index is -1.16. The van der Waals surface area contributed by atoms with E-state index in [-0.39, 0.29) is 13.2 Å². The molecule has 0 unspecified atom stereocenters. The molecule has 2 saturated heterocycles. The van der Waals surface area contributed by atoms with Crippen molar-refractivity contribution in [3.63, 3.8) is 0 Å². The van der Waals surface area contributed by atoms with Crippen LogP contribution in [0.2, 0.25) is 0 Å². The topological polar surface area (TPSA) is 114 Å². The van der Waals surface area contributed by atoms with E-state index < -0.39 is 24.4 Å². The van der Waals surface area contributed by atoms with Crippen LogP contribution >= 0.6 is 0 Å². The lowest BCUT2D eigenvalue weighted by Gasteiger charge is -2.40. The molecule has 166 valence electrons. The summed E-state index contributed by atoms with van der Waals surface area (Å²) in [5.74, 6) is 1.31. The van der Waals surface area contributed by atoms with Gasteiger partial charge in [-0.1, -0.05) is 51.1 Å². The summed E-state index contributed by atoms with van der Waals surface area (Å²) in [7, 11) is 0. The lowest BCUT2D eigenvalue weighted by molar-refractivity contribution is -0.101. The molecule has 2 aliphatic heterocycles. The first-order valence-corrected chi connectivity index (χ1v) is 10.7. The van der Waals surface area contributed by atoms with Gasteiger partial charge in [0, 0.05) is 19.1 Å². The van der Waals surface area contributed by atoms with Crippen molar-refractivity contribution >= 4 is 0 Å². The normalized spacial score (nSPS) is 37.5. The van der Waals surface area contributed by atoms with E-state index in [9.17, 15) is 5.11 Å². The van der Waals surface area contributed by atoms with Crippen molar-refractivity contribution in [2.75, 3.05) is 19.7 Å². The predicted octanol–water partition coefficient (Wildman–Crippen LogP) is 0.259. The number of aliphatic hydroxyl groups excluding tert-OH is 4. The first kappa shape index (κ1) is 24.2. The molecule has 0 bridgehead atoms. The molecule has 7 nitrogen and oxygen atoms in total. The van der Waals surface area contributed by atoms with Crippen LogP contribution in [0.4, 0.5) is 0 Å². The Kier molecular flexibility index (Phi) is 9.98. The molecule has 29 heavy (non-hydrogen) atoms. The van der Waals surface area contributed by atoms with Gasteiger partial charge < -0.3 is 35.8 Å². The number of hydrogen-bond donors (Lipinski definition) is 6. The predicted molar refractivity (Wildman–Crippen MR) is 112 cm³/mol. The Bertz CT molecular complexity index is 574. The largest absolute Gasteiger partial charge is 0.395 e. The van der Waals surface area contributed by atoms with Gasteiger partial charge >= 0.3 is 0 Å². The van der Waals surface area contributed by atoms with E-state index >= 15 is 0 Å². The summed E-state index contributed by atoms with van der Waals surface area (Å²) < 4.78 is 6.08. The van der Waals surface area contributed by atoms with Crippen LogP contribution in [0.15, 0.2) is 30.3 Å². The number of piperidine rings is 2. The first-order valence-electron chi connectivity index (χ1n) is 10.7. The molecule has 6 N–H and O–H groups in total. The molecule has 0 saturated carbocycles. The van der Waals surface area contributed by atoms with E-state index in [1.54, 1.807) is 0 Å². The van der Waals surface area contributed by atoms with Gasteiger partial charge in [-0.25, -0.2) is 0 Å². The van der Waals surface area contributed by atoms with E-state index in [0.717, 1.165) is 13.2 Å². The van der Waals surface area contributed by atoms with Gasteiger partial charge in [0.25, 0.3) is 0 Å². The summed E-state index contributed by atoms with van der Waals surface area (Å²) in [6.45, 7) is 8.58. The summed E-state index contributed by atoms with van der Waals surface area (Å²) >= 11 is 0. The SMILES string of the molecule is CC[C@H]1NC[C@H](OCc2ccccc2)[C@@H](C)[C@@H]1C.OC[C@H]1NC[C@H](O)[C@@H](O)[C@@H]1O. The van der Waals surface area contributed by atoms with Crippen LogP contribution in [-0.2, 0) is 11.3 Å². The highest BCUT2D eigenvalue weighted by Crippen LogP contribution is 2.27. The number of hydrogen-bond acceptors (Lipinski definition) is 7. The summed E-state index contributed by atoms with van der Waals surface area (Å²) in [5.41, 5.74) is 1.26. The third-order valence-electron chi connectivity index (χ3n) is 6.32. The molecule has 1 aromatic carbocycles. The zero-order valence-electron chi connectivity index (χ0n) is 17.7. The minimum absolute atomic E-state index is 0.198. The van der Waals surface area contributed by atoms with Crippen molar-refractivity contribution in [1.29, 1.82) is 0 Å². The third-order valence-corrected chi connectivity index (χ3v) is 6.32. The van der Waals surface area contributed by atoms with Crippen molar-refractivity contribution in [3.05, 3.63) is 35.9 Å². The van der Waals surface area contributed by atoms with Crippen LogP contribution in [-0.4, -0.2) is 76.6 Å². The highest BCUT2D eigenvalue weighted by molar-refractivity contribution is 5.13. The summed E-state index contributed by atoms with van der Waals surface area (Å²) in [6, 6.07) is 10.5. The molecule has 2 fully saturated rings. The Labute approximate surface area is 174 Å². The third kappa shape index (κ3) is 6.72. The van der Waals surface area contributed by atoms with E-state index in [4.69, 9.17) is 20.1 Å². The minimum Gasteiger partial charge on any atom is -0.395 e. The summed E-state index contributed by atoms with van der Waals surface area (Å²) in [6.07, 6.45) is -1.66. The summed E-state index contributed by atoms with van der Waals surface area (Å²) in [5, 5.41) is 42.2. The number of benzene rings is 1. The van der Waals surface area contributed by atoms with Gasteiger partial charge in [0.05, 0.1) is 37.6 Å². The van der Waals surface area contributed by atoms with Crippen LogP contribution in [0, 0.1) is 11.8 Å². The zero-order valence-corrected chi connectivity index (χ0v) is 17.7. The number of nitrogens with one attached hydrogen (secondary N) is 2.